The summed E-state index contributed by atoms with van der Waals surface area (Å²) in [7, 11) is 1.43. The van der Waals surface area contributed by atoms with E-state index in [1.54, 1.807) is 0 Å². The molecule has 12 heavy (non-hydrogen) atoms. The van der Waals surface area contributed by atoms with Gasteiger partial charge in [0.05, 0.1) is 13.5 Å². The standard InChI is InChI=1S/C10H18O2/c1-4-6-9(7-5-2)8-10(11)12-3/h6H,4-5,7-8H2,1-3H3/b9-6+. The van der Waals surface area contributed by atoms with Gasteiger partial charge in [0.1, 0.15) is 0 Å². The third kappa shape index (κ3) is 4.94. The van der Waals surface area contributed by atoms with Crippen molar-refractivity contribution in [1.82, 2.24) is 0 Å². The summed E-state index contributed by atoms with van der Waals surface area (Å²) in [4.78, 5) is 10.9. The Kier molecular flexibility index (Phi) is 6.44. The molecule has 0 amide bonds. The Hall–Kier alpha value is -0.790. The van der Waals surface area contributed by atoms with Crippen molar-refractivity contribution in [2.45, 2.75) is 39.5 Å². The zero-order valence-electron chi connectivity index (χ0n) is 8.22. The minimum absolute atomic E-state index is 0.136. The summed E-state index contributed by atoms with van der Waals surface area (Å²) in [6, 6.07) is 0. The molecule has 0 atom stereocenters. The molecule has 0 aliphatic carbocycles. The van der Waals surface area contributed by atoms with E-state index in [1.165, 1.54) is 12.7 Å². The summed E-state index contributed by atoms with van der Waals surface area (Å²) in [5, 5.41) is 0. The predicted molar refractivity (Wildman–Crippen MR) is 49.9 cm³/mol. The number of carbonyl (C=O) groups is 1. The fraction of sp³-hybridized carbons (Fsp3) is 0.700. The van der Waals surface area contributed by atoms with E-state index in [2.05, 4.69) is 24.7 Å². The van der Waals surface area contributed by atoms with Gasteiger partial charge in [0, 0.05) is 0 Å². The van der Waals surface area contributed by atoms with Crippen molar-refractivity contribution in [1.29, 1.82) is 0 Å². The Morgan fingerprint density at radius 2 is 2.08 bits per heavy atom. The molecule has 0 aromatic rings. The lowest BCUT2D eigenvalue weighted by Gasteiger charge is -2.03. The lowest BCUT2D eigenvalue weighted by molar-refractivity contribution is -0.139. The molecule has 0 aliphatic rings. The Morgan fingerprint density at radius 1 is 1.42 bits per heavy atom. The van der Waals surface area contributed by atoms with Crippen LogP contribution in [0.4, 0.5) is 0 Å². The maximum absolute atomic E-state index is 10.9. The van der Waals surface area contributed by atoms with E-state index in [9.17, 15) is 4.79 Å². The van der Waals surface area contributed by atoms with Crippen LogP contribution in [0, 0.1) is 0 Å². The molecular formula is C10H18O2. The molecule has 2 heteroatoms. The fourth-order valence-electron chi connectivity index (χ4n) is 1.13. The summed E-state index contributed by atoms with van der Waals surface area (Å²) in [5.41, 5.74) is 1.20. The first kappa shape index (κ1) is 11.2. The van der Waals surface area contributed by atoms with Crippen LogP contribution in [0.15, 0.2) is 11.6 Å². The monoisotopic (exact) mass is 170 g/mol. The number of ether oxygens (including phenoxy) is 1. The third-order valence-corrected chi connectivity index (χ3v) is 1.66. The van der Waals surface area contributed by atoms with Crippen LogP contribution >= 0.6 is 0 Å². The van der Waals surface area contributed by atoms with Crippen LogP contribution in [0.2, 0.25) is 0 Å². The number of allylic oxidation sites excluding steroid dienone is 1. The van der Waals surface area contributed by atoms with Gasteiger partial charge < -0.3 is 4.74 Å². The van der Waals surface area contributed by atoms with E-state index in [1.807, 2.05) is 0 Å². The molecule has 0 saturated heterocycles. The first-order valence-corrected chi connectivity index (χ1v) is 4.49. The van der Waals surface area contributed by atoms with E-state index in [-0.39, 0.29) is 5.97 Å². The number of methoxy groups -OCH3 is 1. The van der Waals surface area contributed by atoms with Crippen molar-refractivity contribution >= 4 is 5.97 Å². The van der Waals surface area contributed by atoms with Gasteiger partial charge >= 0.3 is 5.97 Å². The summed E-state index contributed by atoms with van der Waals surface area (Å²) in [6.45, 7) is 4.19. The Morgan fingerprint density at radius 3 is 2.50 bits per heavy atom. The van der Waals surface area contributed by atoms with Crippen LogP contribution in [-0.4, -0.2) is 13.1 Å². The smallest absolute Gasteiger partial charge is 0.309 e. The highest BCUT2D eigenvalue weighted by atomic mass is 16.5. The molecule has 0 saturated carbocycles. The van der Waals surface area contributed by atoms with Crippen LogP contribution in [0.3, 0.4) is 0 Å². The Labute approximate surface area is 74.6 Å². The zero-order chi connectivity index (χ0) is 9.40. The van der Waals surface area contributed by atoms with Gasteiger partial charge in [0.25, 0.3) is 0 Å². The minimum Gasteiger partial charge on any atom is -0.469 e. The van der Waals surface area contributed by atoms with Gasteiger partial charge in [-0.15, -0.1) is 0 Å². The molecule has 0 aromatic carbocycles. The van der Waals surface area contributed by atoms with Crippen molar-refractivity contribution < 1.29 is 9.53 Å². The molecule has 0 fully saturated rings. The normalized spacial score (nSPS) is 11.4. The Bertz CT molecular complexity index is 159. The molecule has 0 spiro atoms. The molecule has 0 rings (SSSR count). The average molecular weight is 170 g/mol. The van der Waals surface area contributed by atoms with Crippen molar-refractivity contribution in [3.05, 3.63) is 11.6 Å². The summed E-state index contributed by atoms with van der Waals surface area (Å²) < 4.78 is 4.59. The van der Waals surface area contributed by atoms with Gasteiger partial charge in [-0.3, -0.25) is 4.79 Å². The number of hydrogen-bond donors (Lipinski definition) is 0. The van der Waals surface area contributed by atoms with Gasteiger partial charge in [0.15, 0.2) is 0 Å². The first-order chi connectivity index (χ1) is 5.74. The highest BCUT2D eigenvalue weighted by Gasteiger charge is 2.03. The molecule has 0 aliphatic heterocycles. The van der Waals surface area contributed by atoms with Gasteiger partial charge in [-0.1, -0.05) is 31.9 Å². The van der Waals surface area contributed by atoms with E-state index in [0.717, 1.165) is 19.3 Å². The van der Waals surface area contributed by atoms with Crippen LogP contribution in [-0.2, 0) is 9.53 Å². The molecule has 0 aromatic heterocycles. The number of carbonyl (C=O) groups excluding carboxylic acids is 1. The number of esters is 1. The van der Waals surface area contributed by atoms with Gasteiger partial charge in [-0.05, 0) is 12.8 Å². The van der Waals surface area contributed by atoms with Crippen LogP contribution in [0.5, 0.6) is 0 Å². The SMILES string of the molecule is CC/C=C(\CCC)CC(=O)OC. The average Bonchev–Trinajstić information content (AvgIpc) is 2.05. The largest absolute Gasteiger partial charge is 0.469 e. The molecule has 0 heterocycles. The molecule has 0 radical (unpaired) electrons. The van der Waals surface area contributed by atoms with E-state index < -0.39 is 0 Å². The van der Waals surface area contributed by atoms with Crippen LogP contribution in [0.25, 0.3) is 0 Å². The fourth-order valence-corrected chi connectivity index (χ4v) is 1.13. The second-order valence-corrected chi connectivity index (χ2v) is 2.77. The highest BCUT2D eigenvalue weighted by Crippen LogP contribution is 2.11. The maximum atomic E-state index is 10.9. The summed E-state index contributed by atoms with van der Waals surface area (Å²) in [6.07, 6.45) is 5.65. The van der Waals surface area contributed by atoms with Crippen molar-refractivity contribution in [3.8, 4) is 0 Å². The molecule has 0 N–H and O–H groups in total. The quantitative estimate of drug-likeness (QED) is 0.468. The molecule has 2 nitrogen and oxygen atoms in total. The van der Waals surface area contributed by atoms with Crippen LogP contribution in [0.1, 0.15) is 39.5 Å². The highest BCUT2D eigenvalue weighted by molar-refractivity contribution is 5.72. The molecule has 0 unspecified atom stereocenters. The lowest BCUT2D eigenvalue weighted by atomic mass is 10.1. The topological polar surface area (TPSA) is 26.3 Å². The molecule has 0 bridgehead atoms. The zero-order valence-corrected chi connectivity index (χ0v) is 8.22. The van der Waals surface area contributed by atoms with Gasteiger partial charge in [-0.25, -0.2) is 0 Å². The predicted octanol–water partition coefficient (Wildman–Crippen LogP) is 2.69. The molecule has 70 valence electrons. The molecular weight excluding hydrogens is 152 g/mol. The minimum atomic E-state index is -0.136. The first-order valence-electron chi connectivity index (χ1n) is 4.49. The third-order valence-electron chi connectivity index (χ3n) is 1.66. The number of hydrogen-bond acceptors (Lipinski definition) is 2. The van der Waals surface area contributed by atoms with Crippen molar-refractivity contribution in [3.63, 3.8) is 0 Å². The van der Waals surface area contributed by atoms with E-state index in [4.69, 9.17) is 0 Å². The summed E-state index contributed by atoms with van der Waals surface area (Å²) in [5.74, 6) is -0.136. The van der Waals surface area contributed by atoms with Crippen LogP contribution < -0.4 is 0 Å². The second kappa shape index (κ2) is 6.89. The van der Waals surface area contributed by atoms with Crippen molar-refractivity contribution in [2.75, 3.05) is 7.11 Å². The summed E-state index contributed by atoms with van der Waals surface area (Å²) >= 11 is 0. The second-order valence-electron chi connectivity index (χ2n) is 2.77. The lowest BCUT2D eigenvalue weighted by Crippen LogP contribution is -2.01. The van der Waals surface area contributed by atoms with Crippen molar-refractivity contribution in [2.24, 2.45) is 0 Å². The van der Waals surface area contributed by atoms with Gasteiger partial charge in [0.2, 0.25) is 0 Å². The maximum Gasteiger partial charge on any atom is 0.309 e. The van der Waals surface area contributed by atoms with E-state index in [0.29, 0.717) is 6.42 Å². The Balaban J connectivity index is 3.95. The number of rotatable bonds is 5. The van der Waals surface area contributed by atoms with Gasteiger partial charge in [-0.2, -0.15) is 0 Å². The van der Waals surface area contributed by atoms with E-state index >= 15 is 0 Å².